The van der Waals surface area contributed by atoms with Gasteiger partial charge in [-0.2, -0.15) is 0 Å². The molecule has 2 bridgehead atoms. The Morgan fingerprint density at radius 1 is 1.33 bits per heavy atom. The second-order valence-corrected chi connectivity index (χ2v) is 9.03. The lowest BCUT2D eigenvalue weighted by atomic mass is 9.84. The number of nitrogen functional groups attached to an aromatic ring is 1. The van der Waals surface area contributed by atoms with Crippen molar-refractivity contribution in [3.8, 4) is 0 Å². The monoisotopic (exact) mass is 372 g/mol. The molecule has 4 atom stereocenters. The molecule has 1 aromatic rings. The first kappa shape index (κ1) is 15.3. The Hall–Kier alpha value is -0.590. The SMILES string of the molecule is CC(NS(=O)(=O)c1ccc(Br)cc1N)C1CC2CCC1C2. The zero-order valence-corrected chi connectivity index (χ0v) is 14.5. The molecular weight excluding hydrogens is 352 g/mol. The summed E-state index contributed by atoms with van der Waals surface area (Å²) in [7, 11) is -3.56. The Morgan fingerprint density at radius 3 is 2.67 bits per heavy atom. The number of hydrogen-bond donors (Lipinski definition) is 2. The van der Waals surface area contributed by atoms with Crippen LogP contribution in [0.25, 0.3) is 0 Å². The summed E-state index contributed by atoms with van der Waals surface area (Å²) < 4.78 is 28.7. The molecule has 6 heteroatoms. The molecule has 2 saturated carbocycles. The predicted molar refractivity (Wildman–Crippen MR) is 87.3 cm³/mol. The van der Waals surface area contributed by atoms with Gasteiger partial charge >= 0.3 is 0 Å². The van der Waals surface area contributed by atoms with Crippen LogP contribution in [0.3, 0.4) is 0 Å². The van der Waals surface area contributed by atoms with Crippen LogP contribution in [0, 0.1) is 17.8 Å². The van der Waals surface area contributed by atoms with Crippen LogP contribution in [-0.4, -0.2) is 14.5 Å². The van der Waals surface area contributed by atoms with Crippen LogP contribution in [0.4, 0.5) is 5.69 Å². The minimum absolute atomic E-state index is 0.0339. The van der Waals surface area contributed by atoms with Crippen molar-refractivity contribution in [1.82, 2.24) is 4.72 Å². The van der Waals surface area contributed by atoms with E-state index in [-0.39, 0.29) is 16.6 Å². The number of rotatable bonds is 4. The maximum atomic E-state index is 12.5. The van der Waals surface area contributed by atoms with E-state index in [4.69, 9.17) is 5.73 Å². The summed E-state index contributed by atoms with van der Waals surface area (Å²) in [5.74, 6) is 1.97. The number of sulfonamides is 1. The highest BCUT2D eigenvalue weighted by atomic mass is 79.9. The largest absolute Gasteiger partial charge is 0.398 e. The van der Waals surface area contributed by atoms with E-state index in [1.165, 1.54) is 19.3 Å². The van der Waals surface area contributed by atoms with Gasteiger partial charge in [-0.05, 0) is 62.1 Å². The molecule has 0 amide bonds. The first-order chi connectivity index (χ1) is 9.87. The third kappa shape index (κ3) is 2.98. The van der Waals surface area contributed by atoms with Crippen molar-refractivity contribution < 1.29 is 8.42 Å². The topological polar surface area (TPSA) is 72.2 Å². The van der Waals surface area contributed by atoms with Gasteiger partial charge in [-0.15, -0.1) is 0 Å². The Balaban J connectivity index is 1.76. The summed E-state index contributed by atoms with van der Waals surface area (Å²) in [5.41, 5.74) is 6.12. The zero-order chi connectivity index (χ0) is 15.2. The average molecular weight is 373 g/mol. The minimum atomic E-state index is -3.56. The van der Waals surface area contributed by atoms with Gasteiger partial charge in [0.2, 0.25) is 10.0 Å². The summed E-state index contributed by atoms with van der Waals surface area (Å²) >= 11 is 3.29. The van der Waals surface area contributed by atoms with Gasteiger partial charge in [-0.25, -0.2) is 13.1 Å². The maximum absolute atomic E-state index is 12.5. The Labute approximate surface area is 134 Å². The van der Waals surface area contributed by atoms with Crippen LogP contribution in [0.2, 0.25) is 0 Å². The molecule has 4 nitrogen and oxygen atoms in total. The highest BCUT2D eigenvalue weighted by molar-refractivity contribution is 9.10. The van der Waals surface area contributed by atoms with E-state index in [2.05, 4.69) is 20.7 Å². The van der Waals surface area contributed by atoms with E-state index in [0.717, 1.165) is 16.8 Å². The van der Waals surface area contributed by atoms with Gasteiger partial charge in [-0.3, -0.25) is 0 Å². The fourth-order valence-corrected chi connectivity index (χ4v) is 5.85. The van der Waals surface area contributed by atoms with Crippen LogP contribution in [0.5, 0.6) is 0 Å². The molecular formula is C15H21BrN2O2S. The van der Waals surface area contributed by atoms with Gasteiger partial charge < -0.3 is 5.73 Å². The highest BCUT2D eigenvalue weighted by Crippen LogP contribution is 2.49. The van der Waals surface area contributed by atoms with E-state index < -0.39 is 10.0 Å². The first-order valence-corrected chi connectivity index (χ1v) is 9.72. The molecule has 2 aliphatic carbocycles. The fraction of sp³-hybridized carbons (Fsp3) is 0.600. The van der Waals surface area contributed by atoms with Crippen LogP contribution in [-0.2, 0) is 10.0 Å². The molecule has 0 saturated heterocycles. The summed E-state index contributed by atoms with van der Waals surface area (Å²) in [6.07, 6.45) is 5.00. The molecule has 0 aliphatic heterocycles. The third-order valence-electron chi connectivity index (χ3n) is 5.04. The number of nitrogens with two attached hydrogens (primary N) is 1. The number of fused-ring (bicyclic) bond motifs is 2. The molecule has 1 aromatic carbocycles. The predicted octanol–water partition coefficient (Wildman–Crippen LogP) is 3.13. The Kier molecular flexibility index (Phi) is 4.05. The van der Waals surface area contributed by atoms with Crippen molar-refractivity contribution in [1.29, 1.82) is 0 Å². The summed E-state index contributed by atoms with van der Waals surface area (Å²) in [5, 5.41) is 0. The lowest BCUT2D eigenvalue weighted by Gasteiger charge is -2.28. The Bertz CT molecular complexity index is 647. The van der Waals surface area contributed by atoms with Gasteiger partial charge in [0.05, 0.1) is 5.69 Å². The maximum Gasteiger partial charge on any atom is 0.242 e. The molecule has 0 aromatic heterocycles. The molecule has 2 fully saturated rings. The molecule has 0 radical (unpaired) electrons. The second kappa shape index (κ2) is 5.56. The number of anilines is 1. The molecule has 0 heterocycles. The molecule has 3 N–H and O–H groups in total. The third-order valence-corrected chi connectivity index (χ3v) is 7.16. The van der Waals surface area contributed by atoms with E-state index in [1.54, 1.807) is 18.2 Å². The average Bonchev–Trinajstić information content (AvgIpc) is 2.99. The number of nitrogens with one attached hydrogen (secondary N) is 1. The summed E-state index contributed by atoms with van der Waals surface area (Å²) in [6, 6.07) is 4.84. The molecule has 21 heavy (non-hydrogen) atoms. The zero-order valence-electron chi connectivity index (χ0n) is 12.0. The van der Waals surface area contributed by atoms with E-state index >= 15 is 0 Å². The van der Waals surface area contributed by atoms with Crippen LogP contribution < -0.4 is 10.5 Å². The molecule has 3 rings (SSSR count). The standard InChI is InChI=1S/C15H21BrN2O2S/c1-9(13-7-10-2-3-11(13)6-10)18-21(19,20)15-5-4-12(16)8-14(15)17/h4-5,8-11,13,18H,2-3,6-7,17H2,1H3. The fourth-order valence-electron chi connectivity index (χ4n) is 4.07. The number of halogens is 1. The van der Waals surface area contributed by atoms with Gasteiger partial charge in [0.1, 0.15) is 4.90 Å². The Morgan fingerprint density at radius 2 is 2.10 bits per heavy atom. The van der Waals surface area contributed by atoms with Gasteiger partial charge in [0, 0.05) is 10.5 Å². The molecule has 116 valence electrons. The lowest BCUT2D eigenvalue weighted by Crippen LogP contribution is -2.40. The van der Waals surface area contributed by atoms with Crippen molar-refractivity contribution in [3.05, 3.63) is 22.7 Å². The molecule has 2 aliphatic rings. The van der Waals surface area contributed by atoms with Crippen molar-refractivity contribution in [3.63, 3.8) is 0 Å². The first-order valence-electron chi connectivity index (χ1n) is 7.44. The molecule has 4 unspecified atom stereocenters. The summed E-state index contributed by atoms with van der Waals surface area (Å²) in [6.45, 7) is 1.98. The highest BCUT2D eigenvalue weighted by Gasteiger charge is 2.42. The van der Waals surface area contributed by atoms with Gasteiger partial charge in [0.15, 0.2) is 0 Å². The van der Waals surface area contributed by atoms with Crippen molar-refractivity contribution in [2.24, 2.45) is 17.8 Å². The van der Waals surface area contributed by atoms with Gasteiger partial charge in [0.25, 0.3) is 0 Å². The normalized spacial score (nSPS) is 29.7. The van der Waals surface area contributed by atoms with Crippen molar-refractivity contribution in [2.45, 2.75) is 43.5 Å². The van der Waals surface area contributed by atoms with E-state index in [0.29, 0.717) is 11.8 Å². The van der Waals surface area contributed by atoms with Gasteiger partial charge in [-0.1, -0.05) is 22.4 Å². The van der Waals surface area contributed by atoms with Crippen LogP contribution in [0.15, 0.2) is 27.6 Å². The van der Waals surface area contributed by atoms with E-state index in [9.17, 15) is 8.42 Å². The summed E-state index contributed by atoms with van der Waals surface area (Å²) in [4.78, 5) is 0.167. The number of hydrogen-bond acceptors (Lipinski definition) is 3. The van der Waals surface area contributed by atoms with Crippen molar-refractivity contribution >= 4 is 31.6 Å². The quantitative estimate of drug-likeness (QED) is 0.797. The minimum Gasteiger partial charge on any atom is -0.398 e. The van der Waals surface area contributed by atoms with E-state index in [1.807, 2.05) is 6.92 Å². The number of benzene rings is 1. The second-order valence-electron chi connectivity index (χ2n) is 6.43. The smallest absolute Gasteiger partial charge is 0.242 e. The van der Waals surface area contributed by atoms with Crippen LogP contribution in [0.1, 0.15) is 32.6 Å². The molecule has 0 spiro atoms. The van der Waals surface area contributed by atoms with Crippen LogP contribution >= 0.6 is 15.9 Å². The lowest BCUT2D eigenvalue weighted by molar-refractivity contribution is 0.280. The van der Waals surface area contributed by atoms with Crippen molar-refractivity contribution in [2.75, 3.05) is 5.73 Å².